The van der Waals surface area contributed by atoms with Gasteiger partial charge in [0, 0.05) is 28.0 Å². The predicted octanol–water partition coefficient (Wildman–Crippen LogP) is 5.53. The summed E-state index contributed by atoms with van der Waals surface area (Å²) in [6, 6.07) is 11.4. The highest BCUT2D eigenvalue weighted by Gasteiger charge is 2.30. The molecule has 3 aromatic rings. The first-order valence-electron chi connectivity index (χ1n) is 8.59. The van der Waals surface area contributed by atoms with Gasteiger partial charge in [0.1, 0.15) is 11.5 Å². The monoisotopic (exact) mass is 425 g/mol. The second-order valence-electron chi connectivity index (χ2n) is 6.30. The molecule has 2 aromatic carbocycles. The van der Waals surface area contributed by atoms with Crippen LogP contribution in [0.3, 0.4) is 0 Å². The van der Waals surface area contributed by atoms with Gasteiger partial charge < -0.3 is 9.47 Å². The van der Waals surface area contributed by atoms with Crippen LogP contribution in [0.4, 0.5) is 0 Å². The minimum absolute atomic E-state index is 0.128. The number of benzene rings is 2. The number of pyridine rings is 1. The third kappa shape index (κ3) is 3.75. The predicted molar refractivity (Wildman–Crippen MR) is 110 cm³/mol. The zero-order valence-corrected chi connectivity index (χ0v) is 16.6. The zero-order chi connectivity index (χ0) is 20.5. The fourth-order valence-corrected chi connectivity index (χ4v) is 3.34. The van der Waals surface area contributed by atoms with Crippen LogP contribution in [0.15, 0.2) is 60.6 Å². The highest BCUT2D eigenvalue weighted by atomic mass is 35.5. The van der Waals surface area contributed by atoms with E-state index in [1.165, 1.54) is 6.20 Å². The van der Waals surface area contributed by atoms with E-state index in [2.05, 4.69) is 4.98 Å². The number of carbonyl (C=O) groups excluding carboxylic acids is 2. The molecule has 0 bridgehead atoms. The van der Waals surface area contributed by atoms with Crippen molar-refractivity contribution in [3.63, 3.8) is 0 Å². The fraction of sp³-hybridized carbons (Fsp3) is 0.0455. The Labute approximate surface area is 176 Å². The molecule has 0 saturated carbocycles. The first-order valence-corrected chi connectivity index (χ1v) is 9.35. The summed E-state index contributed by atoms with van der Waals surface area (Å²) in [6.45, 7) is 1.72. The van der Waals surface area contributed by atoms with Crippen molar-refractivity contribution >= 4 is 41.0 Å². The Morgan fingerprint density at radius 2 is 2.00 bits per heavy atom. The summed E-state index contributed by atoms with van der Waals surface area (Å²) in [7, 11) is 0. The molecule has 0 unspecified atom stereocenters. The number of nitrogens with zero attached hydrogens (tertiary/aromatic N) is 1. The molecule has 0 amide bonds. The number of hydrogen-bond acceptors (Lipinski definition) is 5. The number of rotatable bonds is 3. The first kappa shape index (κ1) is 19.2. The Hall–Kier alpha value is -3.15. The van der Waals surface area contributed by atoms with Crippen molar-refractivity contribution in [2.24, 2.45) is 0 Å². The van der Waals surface area contributed by atoms with Gasteiger partial charge in [0.05, 0.1) is 11.1 Å². The minimum atomic E-state index is -0.547. The van der Waals surface area contributed by atoms with Crippen LogP contribution >= 0.6 is 23.2 Å². The summed E-state index contributed by atoms with van der Waals surface area (Å²) in [5.74, 6) is -0.0458. The van der Waals surface area contributed by atoms with Gasteiger partial charge in [-0.1, -0.05) is 29.3 Å². The molecular weight excluding hydrogens is 413 g/mol. The Morgan fingerprint density at radius 3 is 2.72 bits per heavy atom. The van der Waals surface area contributed by atoms with Gasteiger partial charge in [0.15, 0.2) is 5.76 Å². The van der Waals surface area contributed by atoms with Crippen LogP contribution in [0.5, 0.6) is 11.5 Å². The Balaban J connectivity index is 1.63. The lowest BCUT2D eigenvalue weighted by molar-refractivity contribution is 0.0732. The normalized spacial score (nSPS) is 13.9. The molecule has 1 aromatic heterocycles. The number of fused-ring (bicyclic) bond motifs is 1. The van der Waals surface area contributed by atoms with Crippen molar-refractivity contribution in [1.29, 1.82) is 0 Å². The molecule has 29 heavy (non-hydrogen) atoms. The van der Waals surface area contributed by atoms with E-state index in [9.17, 15) is 9.59 Å². The van der Waals surface area contributed by atoms with Gasteiger partial charge in [-0.15, -0.1) is 0 Å². The Bertz CT molecular complexity index is 1170. The lowest BCUT2D eigenvalue weighted by Crippen LogP contribution is -2.09. The van der Waals surface area contributed by atoms with E-state index in [0.717, 1.165) is 0 Å². The summed E-state index contributed by atoms with van der Waals surface area (Å²) in [5, 5.41) is 0.898. The summed E-state index contributed by atoms with van der Waals surface area (Å²) in [5.41, 5.74) is 1.86. The summed E-state index contributed by atoms with van der Waals surface area (Å²) in [6.07, 6.45) is 4.54. The average molecular weight is 426 g/mol. The van der Waals surface area contributed by atoms with Gasteiger partial charge in [0.25, 0.3) is 0 Å². The average Bonchev–Trinajstić information content (AvgIpc) is 3.03. The topological polar surface area (TPSA) is 65.5 Å². The maximum atomic E-state index is 12.7. The SMILES string of the molecule is Cc1c(OC(=O)c2cccnc2)ccc2c1O/C(=C\c1ccc(Cl)cc1Cl)C2=O. The Morgan fingerprint density at radius 1 is 1.17 bits per heavy atom. The largest absolute Gasteiger partial charge is 0.452 e. The van der Waals surface area contributed by atoms with Crippen molar-refractivity contribution in [3.05, 3.63) is 92.9 Å². The molecule has 0 fully saturated rings. The number of carbonyl (C=O) groups is 2. The Kier molecular flexibility index (Phi) is 5.09. The number of Topliss-reactive ketones (excluding diaryl/α,β-unsaturated/α-hetero) is 1. The van der Waals surface area contributed by atoms with Gasteiger partial charge in [0.2, 0.25) is 5.78 Å². The minimum Gasteiger partial charge on any atom is -0.452 e. The third-order valence-electron chi connectivity index (χ3n) is 4.39. The summed E-state index contributed by atoms with van der Waals surface area (Å²) < 4.78 is 11.2. The number of allylic oxidation sites excluding steroid dienone is 1. The lowest BCUT2D eigenvalue weighted by atomic mass is 10.1. The van der Waals surface area contributed by atoms with E-state index in [-0.39, 0.29) is 11.5 Å². The number of esters is 1. The van der Waals surface area contributed by atoms with E-state index < -0.39 is 5.97 Å². The van der Waals surface area contributed by atoms with Crippen LogP contribution in [0, 0.1) is 6.92 Å². The van der Waals surface area contributed by atoms with Crippen molar-refractivity contribution in [1.82, 2.24) is 4.98 Å². The van der Waals surface area contributed by atoms with Crippen LogP contribution in [0.2, 0.25) is 10.0 Å². The molecule has 144 valence electrons. The van der Waals surface area contributed by atoms with Gasteiger partial charge in [-0.05, 0) is 55.0 Å². The molecule has 0 atom stereocenters. The molecule has 5 nitrogen and oxygen atoms in total. The molecule has 0 radical (unpaired) electrons. The van der Waals surface area contributed by atoms with Crippen LogP contribution in [-0.2, 0) is 0 Å². The molecule has 4 rings (SSSR count). The maximum Gasteiger partial charge on any atom is 0.345 e. The van der Waals surface area contributed by atoms with E-state index >= 15 is 0 Å². The lowest BCUT2D eigenvalue weighted by Gasteiger charge is -2.10. The summed E-state index contributed by atoms with van der Waals surface area (Å²) >= 11 is 12.1. The fourth-order valence-electron chi connectivity index (χ4n) is 2.88. The van der Waals surface area contributed by atoms with Crippen molar-refractivity contribution in [2.45, 2.75) is 6.92 Å². The molecule has 7 heteroatoms. The number of aromatic nitrogens is 1. The second-order valence-corrected chi connectivity index (χ2v) is 7.15. The van der Waals surface area contributed by atoms with Crippen molar-refractivity contribution in [3.8, 4) is 11.5 Å². The molecule has 2 heterocycles. The molecule has 0 spiro atoms. The smallest absolute Gasteiger partial charge is 0.345 e. The van der Waals surface area contributed by atoms with E-state index in [1.54, 1.807) is 61.7 Å². The number of ether oxygens (including phenoxy) is 2. The van der Waals surface area contributed by atoms with E-state index in [4.69, 9.17) is 32.7 Å². The second kappa shape index (κ2) is 7.70. The number of hydrogen-bond donors (Lipinski definition) is 0. The molecule has 0 aliphatic carbocycles. The summed E-state index contributed by atoms with van der Waals surface area (Å²) in [4.78, 5) is 28.9. The molecule has 1 aliphatic rings. The van der Waals surface area contributed by atoms with Crippen molar-refractivity contribution < 1.29 is 19.1 Å². The molecule has 1 aliphatic heterocycles. The van der Waals surface area contributed by atoms with E-state index in [0.29, 0.717) is 43.8 Å². The standard InChI is InChI=1S/C22H13Cl2NO4/c1-12-18(29-22(27)14-3-2-8-25-11-14)7-6-16-20(26)19(28-21(12)16)9-13-4-5-15(23)10-17(13)24/h2-11H,1H3/b19-9-. The van der Waals surface area contributed by atoms with Gasteiger partial charge in [-0.3, -0.25) is 9.78 Å². The highest BCUT2D eigenvalue weighted by molar-refractivity contribution is 6.35. The number of halogens is 2. The zero-order valence-electron chi connectivity index (χ0n) is 15.1. The molecular formula is C22H13Cl2NO4. The third-order valence-corrected chi connectivity index (χ3v) is 4.95. The number of ketones is 1. The van der Waals surface area contributed by atoms with Crippen LogP contribution in [-0.4, -0.2) is 16.7 Å². The van der Waals surface area contributed by atoms with E-state index in [1.807, 2.05) is 0 Å². The maximum absolute atomic E-state index is 12.7. The van der Waals surface area contributed by atoms with Crippen LogP contribution in [0.25, 0.3) is 6.08 Å². The van der Waals surface area contributed by atoms with Gasteiger partial charge >= 0.3 is 5.97 Å². The van der Waals surface area contributed by atoms with Gasteiger partial charge in [-0.25, -0.2) is 4.79 Å². The molecule has 0 N–H and O–H groups in total. The molecule has 0 saturated heterocycles. The quantitative estimate of drug-likeness (QED) is 0.313. The highest BCUT2D eigenvalue weighted by Crippen LogP contribution is 2.40. The van der Waals surface area contributed by atoms with Crippen molar-refractivity contribution in [2.75, 3.05) is 0 Å². The van der Waals surface area contributed by atoms with Crippen LogP contribution < -0.4 is 9.47 Å². The first-order chi connectivity index (χ1) is 13.9. The van der Waals surface area contributed by atoms with Crippen LogP contribution in [0.1, 0.15) is 31.8 Å². The van der Waals surface area contributed by atoms with Gasteiger partial charge in [-0.2, -0.15) is 0 Å².